The monoisotopic (exact) mass is 939 g/mol. The number of nitrogens with two attached hydrogens (primary N) is 1. The van der Waals surface area contributed by atoms with Crippen LogP contribution in [0.1, 0.15) is 0 Å². The highest BCUT2D eigenvalue weighted by Crippen LogP contribution is 2.38. The van der Waals surface area contributed by atoms with Crippen LogP contribution < -0.4 is 5.73 Å². The molecule has 5 fully saturated rings. The van der Waals surface area contributed by atoms with Crippen molar-refractivity contribution in [3.63, 3.8) is 0 Å². The molecule has 28 heteroatoms. The fourth-order valence-electron chi connectivity index (χ4n) is 8.53. The summed E-state index contributed by atoms with van der Waals surface area (Å²) in [6.07, 6.45) is -38.7. The lowest BCUT2D eigenvalue weighted by molar-refractivity contribution is -0.389. The van der Waals surface area contributed by atoms with Crippen LogP contribution in [0.3, 0.4) is 0 Å². The number of carboxylic acid groups (broad SMARTS) is 2. The summed E-state index contributed by atoms with van der Waals surface area (Å²) in [7, 11) is 7.40. The van der Waals surface area contributed by atoms with Crippen LogP contribution in [0.5, 0.6) is 0 Å². The van der Waals surface area contributed by atoms with Gasteiger partial charge in [-0.1, -0.05) is 0 Å². The maximum atomic E-state index is 12.7. The van der Waals surface area contributed by atoms with E-state index in [9.17, 15) is 60.7 Å². The topological polar surface area (TPSA) is 401 Å². The Morgan fingerprint density at radius 2 is 0.781 bits per heavy atom. The fourth-order valence-corrected chi connectivity index (χ4v) is 8.53. The van der Waals surface area contributed by atoms with E-state index in [0.29, 0.717) is 0 Å². The summed E-state index contributed by atoms with van der Waals surface area (Å²) in [6, 6.07) is -1.09. The minimum absolute atomic E-state index is 0.548. The molecular formula is C36H61NO27. The van der Waals surface area contributed by atoms with Crippen LogP contribution in [0, 0.1) is 0 Å². The molecule has 25 atom stereocenters. The van der Waals surface area contributed by atoms with E-state index in [4.69, 9.17) is 76.8 Å². The molecule has 0 aromatic heterocycles. The van der Waals surface area contributed by atoms with Crippen LogP contribution in [-0.4, -0.2) is 279 Å². The first-order valence-electron chi connectivity index (χ1n) is 20.0. The highest BCUT2D eigenvalue weighted by Gasteiger charge is 2.59. The molecule has 0 saturated carbocycles. The zero-order valence-electron chi connectivity index (χ0n) is 35.5. The van der Waals surface area contributed by atoms with Crippen LogP contribution in [0.2, 0.25) is 0 Å². The third kappa shape index (κ3) is 10.6. The van der Waals surface area contributed by atoms with Gasteiger partial charge in [-0.05, 0) is 0 Å². The number of aliphatic hydroxyl groups excluding tert-OH is 8. The second-order valence-electron chi connectivity index (χ2n) is 15.4. The predicted octanol–water partition coefficient (Wildman–Crippen LogP) is -7.85. The molecule has 0 amide bonds. The summed E-state index contributed by atoms with van der Waals surface area (Å²) in [5, 5.41) is 105. The van der Waals surface area contributed by atoms with Crippen molar-refractivity contribution >= 4 is 11.9 Å². The molecular weight excluding hydrogens is 878 g/mol. The molecule has 5 aliphatic rings. The van der Waals surface area contributed by atoms with Crippen molar-refractivity contribution in [2.75, 3.05) is 62.5 Å². The number of methoxy groups -OCH3 is 6. The van der Waals surface area contributed by atoms with E-state index in [2.05, 4.69) is 0 Å². The Labute approximate surface area is 365 Å². The summed E-state index contributed by atoms with van der Waals surface area (Å²) < 4.78 is 85.3. The van der Waals surface area contributed by atoms with Gasteiger partial charge in [-0.25, -0.2) is 9.59 Å². The van der Waals surface area contributed by atoms with Crippen molar-refractivity contribution in [2.24, 2.45) is 5.73 Å². The number of rotatable bonds is 19. The Bertz CT molecular complexity index is 1470. The van der Waals surface area contributed by atoms with Gasteiger partial charge in [0.25, 0.3) is 0 Å². The number of aliphatic carboxylic acids is 2. The highest BCUT2D eigenvalue weighted by molar-refractivity contribution is 5.74. The summed E-state index contributed by atoms with van der Waals surface area (Å²) in [5.74, 6) is -3.27. The fraction of sp³-hybridized carbons (Fsp3) is 0.944. The van der Waals surface area contributed by atoms with Gasteiger partial charge in [-0.2, -0.15) is 0 Å². The zero-order valence-corrected chi connectivity index (χ0v) is 35.5. The first-order valence-corrected chi connectivity index (χ1v) is 20.0. The van der Waals surface area contributed by atoms with Gasteiger partial charge in [0.1, 0.15) is 104 Å². The number of carboxylic acids is 2. The molecule has 11 unspecified atom stereocenters. The molecule has 5 aliphatic heterocycles. The van der Waals surface area contributed by atoms with E-state index in [1.807, 2.05) is 0 Å². The van der Waals surface area contributed by atoms with Crippen molar-refractivity contribution in [1.82, 2.24) is 0 Å². The molecule has 372 valence electrons. The molecule has 28 nitrogen and oxygen atoms in total. The third-order valence-corrected chi connectivity index (χ3v) is 11.8. The number of ether oxygens (including phenoxy) is 15. The molecule has 0 aromatic carbocycles. The van der Waals surface area contributed by atoms with Gasteiger partial charge in [0.2, 0.25) is 0 Å². The Hall–Kier alpha value is -2.02. The van der Waals surface area contributed by atoms with Crippen LogP contribution in [0.25, 0.3) is 0 Å². The first kappa shape index (κ1) is 52.9. The Kier molecular flexibility index (Phi) is 19.3. The third-order valence-electron chi connectivity index (χ3n) is 11.8. The normalized spacial score (nSPS) is 47.9. The maximum absolute atomic E-state index is 12.7. The molecule has 0 radical (unpaired) electrons. The summed E-state index contributed by atoms with van der Waals surface area (Å²) in [5.41, 5.74) is 6.39. The first-order chi connectivity index (χ1) is 30.5. The minimum Gasteiger partial charge on any atom is -0.479 e. The summed E-state index contributed by atoms with van der Waals surface area (Å²) in [4.78, 5) is 25.4. The van der Waals surface area contributed by atoms with Crippen LogP contribution in [0.15, 0.2) is 0 Å². The van der Waals surface area contributed by atoms with E-state index in [-0.39, 0.29) is 0 Å². The van der Waals surface area contributed by atoms with Gasteiger partial charge in [0.15, 0.2) is 43.7 Å². The lowest BCUT2D eigenvalue weighted by Crippen LogP contribution is -2.69. The molecule has 64 heavy (non-hydrogen) atoms. The number of aliphatic hydroxyl groups is 8. The van der Waals surface area contributed by atoms with Crippen LogP contribution in [-0.2, 0) is 80.6 Å². The smallest absolute Gasteiger partial charge is 0.335 e. The van der Waals surface area contributed by atoms with Gasteiger partial charge in [-0.15, -0.1) is 0 Å². The van der Waals surface area contributed by atoms with Gasteiger partial charge in [0, 0.05) is 42.7 Å². The van der Waals surface area contributed by atoms with Gasteiger partial charge >= 0.3 is 11.9 Å². The van der Waals surface area contributed by atoms with Gasteiger partial charge in [-0.3, -0.25) is 0 Å². The predicted molar refractivity (Wildman–Crippen MR) is 198 cm³/mol. The lowest BCUT2D eigenvalue weighted by atomic mass is 9.94. The average molecular weight is 940 g/mol. The molecule has 0 spiro atoms. The zero-order chi connectivity index (χ0) is 47.3. The van der Waals surface area contributed by atoms with Crippen LogP contribution in [0.4, 0.5) is 0 Å². The molecule has 5 saturated heterocycles. The molecule has 5 heterocycles. The Morgan fingerprint density at radius 1 is 0.422 bits per heavy atom. The minimum atomic E-state index is -2.11. The van der Waals surface area contributed by atoms with E-state index in [0.717, 1.165) is 14.2 Å². The second-order valence-corrected chi connectivity index (χ2v) is 15.4. The summed E-state index contributed by atoms with van der Waals surface area (Å²) in [6.45, 7) is -2.32. The number of carbonyl (C=O) groups is 2. The van der Waals surface area contributed by atoms with Crippen molar-refractivity contribution in [3.05, 3.63) is 0 Å². The van der Waals surface area contributed by atoms with E-state index >= 15 is 0 Å². The van der Waals surface area contributed by atoms with Gasteiger partial charge in [0.05, 0.1) is 25.9 Å². The van der Waals surface area contributed by atoms with Crippen molar-refractivity contribution in [3.8, 4) is 0 Å². The SMILES string of the molecule is COC1C(OC)[C@H](O[C@H]2O[C@@H](CO)[C@@H](O[C@@H]3OC(C(=O)O)[C@@H](O[C@H]4OC(CO)C(OC)[C@H](OC)C4N)[C@H](OC)C3OC)C(O)C2O)[C@H](C(=O)O)O[C@H]1O[C@@H]1C(CO)O[C@H](O)C(O)[C@H]1O. The Morgan fingerprint density at radius 3 is 1.19 bits per heavy atom. The maximum Gasteiger partial charge on any atom is 0.335 e. The van der Waals surface area contributed by atoms with E-state index < -0.39 is 185 Å². The lowest BCUT2D eigenvalue weighted by Gasteiger charge is -2.50. The average Bonchev–Trinajstić information content (AvgIpc) is 3.28. The quantitative estimate of drug-likeness (QED) is 0.0573. The molecule has 5 rings (SSSR count). The largest absolute Gasteiger partial charge is 0.479 e. The standard InChI is InChI=1S/C36H61NO27/c1-50-20-12(9-40)57-33(13(37)21(20)51-2)61-24-22(52-3)28(54-5)36(63-26(24)30(45)46)60-19-11(8-39)58-34(17(44)15(19)42)62-25-23(53-4)29(55-6)35(64-27(25)31(47)48)59-18-10(7-38)56-32(49)16(43)14(18)41/h10-29,32-36,38-44,49H,7-9,37H2,1-6H3,(H,45,46)(H,47,48)/t10?,11-,12?,13?,14+,15?,16?,17?,18+,19+,20?,21+,22-,23?,24-,25-,26?,27+,28?,29?,32-,33+,34+,35+,36+/m0/s1. The van der Waals surface area contributed by atoms with Crippen molar-refractivity contribution in [1.29, 1.82) is 0 Å². The van der Waals surface area contributed by atoms with Crippen molar-refractivity contribution < 1.29 is 132 Å². The number of hydrogen-bond acceptors (Lipinski definition) is 26. The second kappa shape index (κ2) is 23.3. The molecule has 0 bridgehead atoms. The van der Waals surface area contributed by atoms with Crippen LogP contribution >= 0.6 is 0 Å². The molecule has 12 N–H and O–H groups in total. The Balaban J connectivity index is 1.33. The summed E-state index contributed by atoms with van der Waals surface area (Å²) >= 11 is 0. The van der Waals surface area contributed by atoms with E-state index in [1.165, 1.54) is 28.4 Å². The number of hydrogen-bond donors (Lipinski definition) is 11. The van der Waals surface area contributed by atoms with Crippen molar-refractivity contribution in [2.45, 2.75) is 153 Å². The van der Waals surface area contributed by atoms with Gasteiger partial charge < -0.3 is 128 Å². The highest BCUT2D eigenvalue weighted by atomic mass is 16.8. The molecule has 0 aromatic rings. The van der Waals surface area contributed by atoms with E-state index in [1.54, 1.807) is 0 Å². The molecule has 0 aliphatic carbocycles.